The molecule has 0 aliphatic heterocycles. The number of carbonyl (C=O) groups is 3. The molecule has 0 fully saturated rings. The molecule has 6 heteroatoms. The van der Waals surface area contributed by atoms with Gasteiger partial charge in [-0.1, -0.05) is 189 Å². The normalized spacial score (nSPS) is 12.8. The molecule has 0 amide bonds. The molecular formula is C55H92O6. The third-order valence-corrected chi connectivity index (χ3v) is 10.4. The molecular weight excluding hydrogens is 757 g/mol. The second kappa shape index (κ2) is 49.2. The molecule has 0 bridgehead atoms. The summed E-state index contributed by atoms with van der Waals surface area (Å²) < 4.78 is 16.7. The Labute approximate surface area is 375 Å². The van der Waals surface area contributed by atoms with Crippen molar-refractivity contribution in [1.82, 2.24) is 0 Å². The van der Waals surface area contributed by atoms with Crippen LogP contribution in [-0.4, -0.2) is 37.2 Å². The summed E-state index contributed by atoms with van der Waals surface area (Å²) in [6.45, 7) is 6.40. The van der Waals surface area contributed by atoms with E-state index in [4.69, 9.17) is 14.2 Å². The lowest BCUT2D eigenvalue weighted by Gasteiger charge is -2.18. The number of unbranched alkanes of at least 4 members (excludes halogenated alkanes) is 19. The molecule has 0 aromatic rings. The average molecular weight is 849 g/mol. The molecule has 0 N–H and O–H groups in total. The quantitative estimate of drug-likeness (QED) is 0.0263. The maximum atomic E-state index is 12.8. The van der Waals surface area contributed by atoms with Crippen LogP contribution in [0.2, 0.25) is 0 Å². The minimum Gasteiger partial charge on any atom is -0.462 e. The molecule has 0 saturated heterocycles. The SMILES string of the molecule is CC/C=C\C/C=C\C/C=C\C/C=C\C/C=C\CCC(=O)OCC(COC(=O)CCCCCCC/C=C\CCCCC)OC(=O)CCCCCCCCC/C=C\CCCCCC. The zero-order valence-corrected chi connectivity index (χ0v) is 39.7. The first-order valence-electron chi connectivity index (χ1n) is 25.1. The maximum Gasteiger partial charge on any atom is 0.306 e. The third-order valence-electron chi connectivity index (χ3n) is 10.4. The Balaban J connectivity index is 4.51. The van der Waals surface area contributed by atoms with E-state index in [0.29, 0.717) is 19.3 Å². The van der Waals surface area contributed by atoms with Crippen molar-refractivity contribution in [2.45, 2.75) is 232 Å². The van der Waals surface area contributed by atoms with Crippen molar-refractivity contribution >= 4 is 17.9 Å². The van der Waals surface area contributed by atoms with Crippen LogP contribution in [0.25, 0.3) is 0 Å². The van der Waals surface area contributed by atoms with E-state index in [9.17, 15) is 14.4 Å². The summed E-state index contributed by atoms with van der Waals surface area (Å²) in [6, 6.07) is 0. The van der Waals surface area contributed by atoms with Gasteiger partial charge >= 0.3 is 17.9 Å². The topological polar surface area (TPSA) is 78.9 Å². The first kappa shape index (κ1) is 57.6. The lowest BCUT2D eigenvalue weighted by atomic mass is 10.1. The molecule has 61 heavy (non-hydrogen) atoms. The van der Waals surface area contributed by atoms with Gasteiger partial charge in [0.15, 0.2) is 6.10 Å². The highest BCUT2D eigenvalue weighted by Crippen LogP contribution is 2.13. The van der Waals surface area contributed by atoms with Gasteiger partial charge in [0, 0.05) is 19.3 Å². The fourth-order valence-electron chi connectivity index (χ4n) is 6.60. The van der Waals surface area contributed by atoms with Gasteiger partial charge in [-0.2, -0.15) is 0 Å². The highest BCUT2D eigenvalue weighted by atomic mass is 16.6. The predicted octanol–water partition coefficient (Wildman–Crippen LogP) is 16.4. The molecule has 0 aliphatic rings. The van der Waals surface area contributed by atoms with Crippen molar-refractivity contribution in [3.05, 3.63) is 85.1 Å². The molecule has 0 rings (SSSR count). The summed E-state index contributed by atoms with van der Waals surface area (Å²) in [5.74, 6) is -1.01. The van der Waals surface area contributed by atoms with Gasteiger partial charge in [0.05, 0.1) is 0 Å². The van der Waals surface area contributed by atoms with E-state index in [1.54, 1.807) is 0 Å². The van der Waals surface area contributed by atoms with E-state index in [1.807, 2.05) is 12.2 Å². The fourth-order valence-corrected chi connectivity index (χ4v) is 6.60. The van der Waals surface area contributed by atoms with Crippen LogP contribution >= 0.6 is 0 Å². The summed E-state index contributed by atoms with van der Waals surface area (Å²) in [4.78, 5) is 37.9. The Bertz CT molecular complexity index is 1200. The Morgan fingerprint density at radius 2 is 0.672 bits per heavy atom. The Morgan fingerprint density at radius 3 is 1.13 bits per heavy atom. The molecule has 0 spiro atoms. The molecule has 1 atom stereocenters. The molecule has 0 aromatic carbocycles. The average Bonchev–Trinajstić information content (AvgIpc) is 3.26. The fraction of sp³-hybridized carbons (Fsp3) is 0.691. The molecule has 0 saturated carbocycles. The Kier molecular flexibility index (Phi) is 46.5. The van der Waals surface area contributed by atoms with Crippen LogP contribution < -0.4 is 0 Å². The Morgan fingerprint density at radius 1 is 0.344 bits per heavy atom. The van der Waals surface area contributed by atoms with Crippen LogP contribution in [0.4, 0.5) is 0 Å². The lowest BCUT2D eigenvalue weighted by molar-refractivity contribution is -0.166. The number of esters is 3. The lowest BCUT2D eigenvalue weighted by Crippen LogP contribution is -2.30. The van der Waals surface area contributed by atoms with Crippen molar-refractivity contribution < 1.29 is 28.6 Å². The van der Waals surface area contributed by atoms with E-state index in [1.165, 1.54) is 96.3 Å². The summed E-state index contributed by atoms with van der Waals surface area (Å²) in [6.07, 6.45) is 62.9. The summed E-state index contributed by atoms with van der Waals surface area (Å²) in [7, 11) is 0. The number of carbonyl (C=O) groups excluding carboxylic acids is 3. The standard InChI is InChI=1S/C55H92O6/c1-4-7-10-13-16-19-22-25-27-29-30-33-36-39-42-45-48-54(57)60-51-52(50-59-53(56)47-44-41-38-35-32-24-21-18-15-12-9-6-3)61-55(58)49-46-43-40-37-34-31-28-26-23-20-17-14-11-8-5-2/h7,10,16,18-21,23,25,27,30,33,39,42,52H,4-6,8-9,11-15,17,22,24,26,28-29,31-32,34-38,40-41,43-51H2,1-3H3/b10-7-,19-16-,21-18-,23-20-,27-25-,33-30-,42-39-. The van der Waals surface area contributed by atoms with Crippen LogP contribution in [0.5, 0.6) is 0 Å². The molecule has 1 unspecified atom stereocenters. The summed E-state index contributed by atoms with van der Waals surface area (Å²) in [5, 5.41) is 0. The van der Waals surface area contributed by atoms with Gasteiger partial charge in [0.2, 0.25) is 0 Å². The van der Waals surface area contributed by atoms with E-state index in [0.717, 1.165) is 83.5 Å². The van der Waals surface area contributed by atoms with Crippen LogP contribution in [-0.2, 0) is 28.6 Å². The number of ether oxygens (including phenoxy) is 3. The highest BCUT2D eigenvalue weighted by molar-refractivity contribution is 5.71. The van der Waals surface area contributed by atoms with E-state index in [2.05, 4.69) is 93.7 Å². The molecule has 0 aromatic heterocycles. The number of rotatable bonds is 44. The first-order valence-corrected chi connectivity index (χ1v) is 25.1. The van der Waals surface area contributed by atoms with E-state index in [-0.39, 0.29) is 37.5 Å². The first-order chi connectivity index (χ1) is 30.0. The van der Waals surface area contributed by atoms with Gasteiger partial charge in [0.1, 0.15) is 13.2 Å². The molecule has 0 heterocycles. The van der Waals surface area contributed by atoms with Gasteiger partial charge in [-0.05, 0) is 103 Å². The van der Waals surface area contributed by atoms with Crippen molar-refractivity contribution in [3.8, 4) is 0 Å². The van der Waals surface area contributed by atoms with Crippen molar-refractivity contribution in [2.75, 3.05) is 13.2 Å². The minimum absolute atomic E-state index is 0.106. The van der Waals surface area contributed by atoms with Crippen LogP contribution in [0.1, 0.15) is 226 Å². The van der Waals surface area contributed by atoms with E-state index < -0.39 is 6.10 Å². The third kappa shape index (κ3) is 47.5. The largest absolute Gasteiger partial charge is 0.462 e. The molecule has 6 nitrogen and oxygen atoms in total. The van der Waals surface area contributed by atoms with Gasteiger partial charge < -0.3 is 14.2 Å². The van der Waals surface area contributed by atoms with E-state index >= 15 is 0 Å². The van der Waals surface area contributed by atoms with Crippen LogP contribution in [0, 0.1) is 0 Å². The maximum absolute atomic E-state index is 12.8. The second-order valence-electron chi connectivity index (χ2n) is 16.3. The van der Waals surface area contributed by atoms with Gasteiger partial charge in [-0.25, -0.2) is 0 Å². The Hall–Kier alpha value is -3.41. The van der Waals surface area contributed by atoms with Crippen molar-refractivity contribution in [2.24, 2.45) is 0 Å². The van der Waals surface area contributed by atoms with Gasteiger partial charge in [-0.15, -0.1) is 0 Å². The second-order valence-corrected chi connectivity index (χ2v) is 16.3. The van der Waals surface area contributed by atoms with Gasteiger partial charge in [-0.3, -0.25) is 14.4 Å². The minimum atomic E-state index is -0.811. The smallest absolute Gasteiger partial charge is 0.306 e. The molecule has 0 radical (unpaired) electrons. The van der Waals surface area contributed by atoms with Gasteiger partial charge in [0.25, 0.3) is 0 Å². The highest BCUT2D eigenvalue weighted by Gasteiger charge is 2.19. The van der Waals surface area contributed by atoms with Crippen molar-refractivity contribution in [3.63, 3.8) is 0 Å². The monoisotopic (exact) mass is 849 g/mol. The van der Waals surface area contributed by atoms with Crippen LogP contribution in [0.15, 0.2) is 85.1 Å². The van der Waals surface area contributed by atoms with Crippen LogP contribution in [0.3, 0.4) is 0 Å². The number of hydrogen-bond donors (Lipinski definition) is 0. The predicted molar refractivity (Wildman–Crippen MR) is 261 cm³/mol. The molecule has 0 aliphatic carbocycles. The molecule has 348 valence electrons. The zero-order valence-electron chi connectivity index (χ0n) is 39.7. The summed E-state index contributed by atoms with van der Waals surface area (Å²) in [5.41, 5.74) is 0. The summed E-state index contributed by atoms with van der Waals surface area (Å²) >= 11 is 0. The number of hydrogen-bond acceptors (Lipinski definition) is 6. The zero-order chi connectivity index (χ0) is 44.4. The number of allylic oxidation sites excluding steroid dienone is 14. The van der Waals surface area contributed by atoms with Crippen molar-refractivity contribution in [1.29, 1.82) is 0 Å².